The minimum Gasteiger partial charge on any atom is -0.383 e. The van der Waals surface area contributed by atoms with Crippen LogP contribution >= 0.6 is 11.3 Å². The Bertz CT molecular complexity index is 1260. The Morgan fingerprint density at radius 2 is 2.07 bits per heavy atom. The van der Waals surface area contributed by atoms with Crippen molar-refractivity contribution in [3.05, 3.63) is 33.2 Å². The molecule has 0 unspecified atom stereocenters. The van der Waals surface area contributed by atoms with Crippen LogP contribution in [0.1, 0.15) is 23.4 Å². The van der Waals surface area contributed by atoms with Gasteiger partial charge >= 0.3 is 5.69 Å². The average molecular weight is 442 g/mol. The summed E-state index contributed by atoms with van der Waals surface area (Å²) in [6.07, 6.45) is 0.940. The number of nitrogens with zero attached hydrogens (tertiary/aromatic N) is 4. The molecule has 2 N–H and O–H groups in total. The van der Waals surface area contributed by atoms with E-state index in [1.807, 2.05) is 0 Å². The Balaban J connectivity index is 2.18. The molecule has 9 nitrogen and oxygen atoms in total. The zero-order valence-electron chi connectivity index (χ0n) is 15.9. The first-order valence-corrected chi connectivity index (χ1v) is 11.3. The Morgan fingerprint density at radius 1 is 1.34 bits per heavy atom. The van der Waals surface area contributed by atoms with Crippen LogP contribution in [0.4, 0.5) is 4.39 Å². The molecule has 0 amide bonds. The first-order chi connectivity index (χ1) is 13.7. The first kappa shape index (κ1) is 20.1. The molecular weight excluding hydrogens is 421 g/mol. The third-order valence-electron chi connectivity index (χ3n) is 5.23. The predicted octanol–water partition coefficient (Wildman–Crippen LogP) is 1.25. The number of aryl methyl sites for hydroxylation is 1. The van der Waals surface area contributed by atoms with Crippen LogP contribution in [-0.4, -0.2) is 48.1 Å². The van der Waals surface area contributed by atoms with Crippen LogP contribution in [0.15, 0.2) is 21.8 Å². The minimum atomic E-state index is -4.14. The number of primary sulfonamides is 1. The number of halogens is 1. The largest absolute Gasteiger partial charge is 0.383 e. The molecule has 2 aromatic heterocycles. The maximum atomic E-state index is 14.1. The molecule has 2 heterocycles. The van der Waals surface area contributed by atoms with Crippen LogP contribution in [0.2, 0.25) is 0 Å². The van der Waals surface area contributed by atoms with E-state index in [4.69, 9.17) is 9.88 Å². The summed E-state index contributed by atoms with van der Waals surface area (Å²) in [5, 5.41) is 14.4. The number of hydrogen-bond acceptors (Lipinski definition) is 7. The first-order valence-electron chi connectivity index (χ1n) is 8.90. The van der Waals surface area contributed by atoms with Crippen molar-refractivity contribution in [2.24, 2.45) is 5.14 Å². The van der Waals surface area contributed by atoms with Crippen molar-refractivity contribution in [2.75, 3.05) is 20.4 Å². The number of ether oxygens (including phenoxy) is 1. The van der Waals surface area contributed by atoms with Crippen molar-refractivity contribution < 1.29 is 17.5 Å². The maximum Gasteiger partial charge on any atom is 0.335 e. The van der Waals surface area contributed by atoms with Crippen LogP contribution in [-0.2, 0) is 26.7 Å². The van der Waals surface area contributed by atoms with Crippen molar-refractivity contribution in [1.82, 2.24) is 19.3 Å². The third kappa shape index (κ3) is 3.19. The second-order valence-corrected chi connectivity index (χ2v) is 9.82. The van der Waals surface area contributed by atoms with E-state index in [0.29, 0.717) is 28.9 Å². The van der Waals surface area contributed by atoms with E-state index in [2.05, 4.69) is 10.2 Å². The normalized spacial score (nSPS) is 15.9. The fourth-order valence-corrected chi connectivity index (χ4v) is 5.17. The molecule has 0 saturated heterocycles. The van der Waals surface area contributed by atoms with Gasteiger partial charge in [0.25, 0.3) is 0 Å². The van der Waals surface area contributed by atoms with Crippen molar-refractivity contribution in [1.29, 1.82) is 0 Å². The van der Waals surface area contributed by atoms with Gasteiger partial charge in [0.15, 0.2) is 0 Å². The highest BCUT2D eigenvalue weighted by atomic mass is 32.2. The lowest BCUT2D eigenvalue weighted by molar-refractivity contribution is 0.187. The fourth-order valence-electron chi connectivity index (χ4n) is 3.63. The number of methoxy groups -OCH3 is 1. The van der Waals surface area contributed by atoms with Gasteiger partial charge in [-0.3, -0.25) is 8.96 Å². The van der Waals surface area contributed by atoms with Crippen molar-refractivity contribution in [3.63, 3.8) is 0 Å². The number of aromatic nitrogens is 4. The van der Waals surface area contributed by atoms with E-state index in [1.54, 1.807) is 6.92 Å². The van der Waals surface area contributed by atoms with E-state index in [-0.39, 0.29) is 28.7 Å². The summed E-state index contributed by atoms with van der Waals surface area (Å²) in [5.41, 5.74) is -0.384. The Morgan fingerprint density at radius 3 is 2.59 bits per heavy atom. The minimum absolute atomic E-state index is 0.168. The number of fused-ring (bicyclic) bond motifs is 1. The molecule has 1 aliphatic rings. The second-order valence-electron chi connectivity index (χ2n) is 7.13. The highest BCUT2D eigenvalue weighted by Crippen LogP contribution is 2.52. The summed E-state index contributed by atoms with van der Waals surface area (Å²) in [7, 11) is -2.62. The average Bonchev–Trinajstić information content (AvgIpc) is 3.27. The Labute approximate surface area is 170 Å². The molecule has 0 spiro atoms. The van der Waals surface area contributed by atoms with Crippen molar-refractivity contribution >= 4 is 32.4 Å². The lowest BCUT2D eigenvalue weighted by atomic mass is 9.95. The molecule has 3 aromatic rings. The number of sulfonamides is 1. The van der Waals surface area contributed by atoms with Crippen molar-refractivity contribution in [3.8, 4) is 5.13 Å². The van der Waals surface area contributed by atoms with Gasteiger partial charge in [0.2, 0.25) is 15.2 Å². The maximum absolute atomic E-state index is 14.1. The van der Waals surface area contributed by atoms with E-state index >= 15 is 0 Å². The van der Waals surface area contributed by atoms with E-state index < -0.39 is 27.8 Å². The summed E-state index contributed by atoms with van der Waals surface area (Å²) in [4.78, 5) is 13.1. The van der Waals surface area contributed by atoms with Gasteiger partial charge in [-0.1, -0.05) is 11.3 Å². The van der Waals surface area contributed by atoms with Crippen LogP contribution in [0.25, 0.3) is 16.2 Å². The van der Waals surface area contributed by atoms with Gasteiger partial charge in [-0.05, 0) is 31.9 Å². The molecule has 4 rings (SSSR count). The second kappa shape index (κ2) is 6.97. The lowest BCUT2D eigenvalue weighted by Crippen LogP contribution is -2.25. The molecule has 0 aliphatic heterocycles. The van der Waals surface area contributed by atoms with Crippen molar-refractivity contribution in [2.45, 2.75) is 36.6 Å². The van der Waals surface area contributed by atoms with Crippen LogP contribution < -0.4 is 10.8 Å². The lowest BCUT2D eigenvalue weighted by Gasteiger charge is -2.18. The quantitative estimate of drug-likeness (QED) is 0.589. The summed E-state index contributed by atoms with van der Waals surface area (Å²) in [6, 6.07) is 2.87. The SMILES string of the molecule is COCCn1c(=O)n(-c2nnc(C)s2)c2c(C3(CF)CC3)c(S(N)(=O)=O)ccc21. The van der Waals surface area contributed by atoms with Gasteiger partial charge < -0.3 is 4.74 Å². The van der Waals surface area contributed by atoms with Crippen LogP contribution in [0.3, 0.4) is 0 Å². The molecule has 29 heavy (non-hydrogen) atoms. The highest BCUT2D eigenvalue weighted by molar-refractivity contribution is 7.89. The number of rotatable bonds is 7. The van der Waals surface area contributed by atoms with Gasteiger partial charge in [0.05, 0.1) is 35.8 Å². The van der Waals surface area contributed by atoms with E-state index in [1.165, 1.54) is 39.7 Å². The number of hydrogen-bond donors (Lipinski definition) is 1. The molecule has 1 aliphatic carbocycles. The number of benzene rings is 1. The van der Waals surface area contributed by atoms with E-state index in [0.717, 1.165) is 0 Å². The molecule has 1 saturated carbocycles. The zero-order valence-corrected chi connectivity index (χ0v) is 17.5. The van der Waals surface area contributed by atoms with Gasteiger partial charge in [-0.25, -0.2) is 22.9 Å². The standard InChI is InChI=1S/C17H20FN5O4S2/c1-10-20-21-15(28-10)23-14-11(22(16(23)24)7-8-27-2)3-4-12(29(19,25)26)13(14)17(9-18)5-6-17/h3-4H,5-9H2,1-2H3,(H2,19,25,26). The molecule has 0 radical (unpaired) electrons. The van der Waals surface area contributed by atoms with Crippen LogP contribution in [0, 0.1) is 6.92 Å². The molecule has 12 heteroatoms. The van der Waals surface area contributed by atoms with Gasteiger partial charge in [-0.15, -0.1) is 10.2 Å². The zero-order chi connectivity index (χ0) is 21.0. The Hall–Kier alpha value is -2.15. The molecule has 156 valence electrons. The summed E-state index contributed by atoms with van der Waals surface area (Å²) >= 11 is 1.19. The molecule has 1 fully saturated rings. The monoisotopic (exact) mass is 441 g/mol. The highest BCUT2D eigenvalue weighted by Gasteiger charge is 2.49. The number of nitrogens with two attached hydrogens (primary N) is 1. The van der Waals surface area contributed by atoms with Crippen LogP contribution in [0.5, 0.6) is 0 Å². The fraction of sp³-hybridized carbons (Fsp3) is 0.471. The van der Waals surface area contributed by atoms with Gasteiger partial charge in [0.1, 0.15) is 5.01 Å². The van der Waals surface area contributed by atoms with Gasteiger partial charge in [-0.2, -0.15) is 0 Å². The smallest absolute Gasteiger partial charge is 0.335 e. The molecule has 0 bridgehead atoms. The Kier molecular flexibility index (Phi) is 4.84. The topological polar surface area (TPSA) is 122 Å². The number of imidazole rings is 1. The molecule has 0 atom stereocenters. The van der Waals surface area contributed by atoms with Gasteiger partial charge in [0, 0.05) is 18.1 Å². The molecular formula is C17H20FN5O4S2. The summed E-state index contributed by atoms with van der Waals surface area (Å²) < 4.78 is 46.6. The predicted molar refractivity (Wildman–Crippen MR) is 106 cm³/mol. The number of alkyl halides is 1. The molecule has 1 aromatic carbocycles. The third-order valence-corrected chi connectivity index (χ3v) is 7.00. The summed E-state index contributed by atoms with van der Waals surface area (Å²) in [5.74, 6) is 0. The van der Waals surface area contributed by atoms with E-state index in [9.17, 15) is 17.6 Å². The summed E-state index contributed by atoms with van der Waals surface area (Å²) in [6.45, 7) is 1.51.